The first-order chi connectivity index (χ1) is 17.7. The lowest BCUT2D eigenvalue weighted by atomic mass is 9.64. The number of carbonyl (C=O) groups excluding carboxylic acids is 3. The number of fused-ring (bicyclic) bond motifs is 1. The van der Waals surface area contributed by atoms with Crippen LogP contribution in [-0.4, -0.2) is 82.4 Å². The van der Waals surface area contributed by atoms with E-state index in [4.69, 9.17) is 14.1 Å². The number of nitrogens with zero attached hydrogens (tertiary/aromatic N) is 5. The molecule has 13 heteroatoms. The Bertz CT molecular complexity index is 1090. The Hall–Kier alpha value is -3.32. The van der Waals surface area contributed by atoms with Crippen LogP contribution in [-0.2, 0) is 38.4 Å². The Labute approximate surface area is 216 Å². The lowest BCUT2D eigenvalue weighted by Gasteiger charge is -2.28. The van der Waals surface area contributed by atoms with Crippen molar-refractivity contribution in [3.63, 3.8) is 0 Å². The molecule has 0 fully saturated rings. The standard InChI is InChI=1S/C24H34BN5O7/c1-5-16(6-2)23(32)35-15-36-24(33)20-9-7-8-17-12-18(25(34)37-22(17)20)13-19(31)14-21-26-28-30(27-21)11-10-29(3)4/h7-9,16,18,34H,5-6,10-15H2,1-4H3/t18-/m1/s1. The quantitative estimate of drug-likeness (QED) is 0.234. The topological polar surface area (TPSA) is 146 Å². The molecule has 0 amide bonds. The van der Waals surface area contributed by atoms with E-state index in [1.165, 1.54) is 10.9 Å². The normalized spacial score (nSPS) is 14.9. The molecule has 200 valence electrons. The number of ketones is 1. The van der Waals surface area contributed by atoms with Gasteiger partial charge in [-0.05, 0) is 50.2 Å². The second-order valence-electron chi connectivity index (χ2n) is 9.32. The number of benzene rings is 1. The summed E-state index contributed by atoms with van der Waals surface area (Å²) in [6.45, 7) is 4.57. The van der Waals surface area contributed by atoms with Crippen molar-refractivity contribution in [2.45, 2.75) is 58.3 Å². The second kappa shape index (κ2) is 13.3. The molecule has 1 atom stereocenters. The van der Waals surface area contributed by atoms with Crippen LogP contribution in [0.15, 0.2) is 18.2 Å². The van der Waals surface area contributed by atoms with Gasteiger partial charge in [0.05, 0.1) is 18.9 Å². The van der Waals surface area contributed by atoms with Crippen molar-refractivity contribution in [3.8, 4) is 5.75 Å². The number of tetrazole rings is 1. The summed E-state index contributed by atoms with van der Waals surface area (Å²) in [6, 6.07) is 4.94. The molecule has 0 aliphatic carbocycles. The van der Waals surface area contributed by atoms with Crippen LogP contribution in [0.3, 0.4) is 0 Å². The molecule has 1 aromatic heterocycles. The third kappa shape index (κ3) is 7.83. The molecule has 0 radical (unpaired) electrons. The van der Waals surface area contributed by atoms with Crippen LogP contribution in [0.4, 0.5) is 0 Å². The molecular formula is C24H34BN5O7. The number of aromatic nitrogens is 4. The van der Waals surface area contributed by atoms with Crippen molar-refractivity contribution in [2.24, 2.45) is 5.92 Å². The summed E-state index contributed by atoms with van der Waals surface area (Å²) in [5.41, 5.74) is 0.776. The zero-order valence-electron chi connectivity index (χ0n) is 21.8. The van der Waals surface area contributed by atoms with E-state index in [0.717, 1.165) is 6.54 Å². The summed E-state index contributed by atoms with van der Waals surface area (Å²) in [6.07, 6.45) is 1.65. The van der Waals surface area contributed by atoms with Gasteiger partial charge in [-0.25, -0.2) is 4.79 Å². The minimum absolute atomic E-state index is 0.0000465. The van der Waals surface area contributed by atoms with Crippen LogP contribution >= 0.6 is 0 Å². The van der Waals surface area contributed by atoms with Crippen molar-refractivity contribution in [1.29, 1.82) is 0 Å². The van der Waals surface area contributed by atoms with Gasteiger partial charge in [-0.15, -0.1) is 10.2 Å². The molecule has 3 rings (SSSR count). The predicted octanol–water partition coefficient (Wildman–Crippen LogP) is 1.32. The van der Waals surface area contributed by atoms with E-state index in [1.54, 1.807) is 12.1 Å². The first-order valence-corrected chi connectivity index (χ1v) is 12.4. The van der Waals surface area contributed by atoms with Crippen molar-refractivity contribution in [2.75, 3.05) is 27.4 Å². The van der Waals surface area contributed by atoms with E-state index in [9.17, 15) is 19.4 Å². The summed E-state index contributed by atoms with van der Waals surface area (Å²) in [4.78, 5) is 40.7. The highest BCUT2D eigenvalue weighted by molar-refractivity contribution is 6.47. The molecule has 0 saturated carbocycles. The van der Waals surface area contributed by atoms with Gasteiger partial charge >= 0.3 is 19.1 Å². The summed E-state index contributed by atoms with van der Waals surface area (Å²) >= 11 is 0. The van der Waals surface area contributed by atoms with Gasteiger partial charge in [-0.3, -0.25) is 9.59 Å². The van der Waals surface area contributed by atoms with Crippen molar-refractivity contribution in [1.82, 2.24) is 25.1 Å². The predicted molar refractivity (Wildman–Crippen MR) is 133 cm³/mol. The molecule has 37 heavy (non-hydrogen) atoms. The molecule has 2 aromatic rings. The number of hydrogen-bond acceptors (Lipinski definition) is 11. The van der Waals surface area contributed by atoms with E-state index < -0.39 is 31.7 Å². The SMILES string of the molecule is CCC(CC)C(=O)OCOC(=O)c1cccc2c1OB(O)[C@@H](CC(=O)Cc1nnn(CCN(C)C)n1)C2. The molecular weight excluding hydrogens is 481 g/mol. The monoisotopic (exact) mass is 515 g/mol. The maximum absolute atomic E-state index is 12.6. The highest BCUT2D eigenvalue weighted by Crippen LogP contribution is 2.36. The van der Waals surface area contributed by atoms with Crippen molar-refractivity contribution >= 4 is 24.8 Å². The van der Waals surface area contributed by atoms with E-state index >= 15 is 0 Å². The minimum atomic E-state index is -1.29. The summed E-state index contributed by atoms with van der Waals surface area (Å²) < 4.78 is 15.8. The number of rotatable bonds is 13. The zero-order valence-corrected chi connectivity index (χ0v) is 21.8. The zero-order chi connectivity index (χ0) is 26.9. The number of hydrogen-bond donors (Lipinski definition) is 1. The van der Waals surface area contributed by atoms with Gasteiger partial charge in [0.2, 0.25) is 6.79 Å². The van der Waals surface area contributed by atoms with Gasteiger partial charge in [-0.1, -0.05) is 26.0 Å². The van der Waals surface area contributed by atoms with Gasteiger partial charge in [0.25, 0.3) is 0 Å². The number of carbonyl (C=O) groups is 3. The minimum Gasteiger partial charge on any atom is -0.535 e. The summed E-state index contributed by atoms with van der Waals surface area (Å²) in [5.74, 6) is -1.54. The molecule has 0 spiro atoms. The molecule has 12 nitrogen and oxygen atoms in total. The Morgan fingerprint density at radius 3 is 2.70 bits per heavy atom. The Morgan fingerprint density at radius 2 is 2.00 bits per heavy atom. The Morgan fingerprint density at radius 1 is 1.24 bits per heavy atom. The van der Waals surface area contributed by atoms with Crippen LogP contribution in [0.25, 0.3) is 0 Å². The molecule has 1 aromatic carbocycles. The molecule has 1 N–H and O–H groups in total. The first kappa shape index (κ1) is 28.3. The Kier molecular flexibility index (Phi) is 10.2. The summed E-state index contributed by atoms with van der Waals surface area (Å²) in [7, 11) is 2.59. The third-order valence-electron chi connectivity index (χ3n) is 6.24. The van der Waals surface area contributed by atoms with Crippen LogP contribution in [0.2, 0.25) is 5.82 Å². The van der Waals surface area contributed by atoms with Gasteiger partial charge in [-0.2, -0.15) is 4.80 Å². The lowest BCUT2D eigenvalue weighted by Crippen LogP contribution is -2.36. The van der Waals surface area contributed by atoms with Gasteiger partial charge in [0, 0.05) is 18.8 Å². The average Bonchev–Trinajstić information content (AvgIpc) is 3.30. The fourth-order valence-electron chi connectivity index (χ4n) is 4.05. The number of ether oxygens (including phenoxy) is 2. The van der Waals surface area contributed by atoms with Crippen molar-refractivity contribution < 1.29 is 33.5 Å². The van der Waals surface area contributed by atoms with E-state index in [1.807, 2.05) is 32.8 Å². The molecule has 0 saturated heterocycles. The smallest absolute Gasteiger partial charge is 0.526 e. The highest BCUT2D eigenvalue weighted by Gasteiger charge is 2.38. The van der Waals surface area contributed by atoms with Gasteiger partial charge in [0.1, 0.15) is 17.1 Å². The molecule has 1 aliphatic heterocycles. The van der Waals surface area contributed by atoms with Crippen LogP contribution in [0.1, 0.15) is 54.9 Å². The Balaban J connectivity index is 1.56. The van der Waals surface area contributed by atoms with Crippen LogP contribution in [0, 0.1) is 5.92 Å². The number of para-hydroxylation sites is 1. The third-order valence-corrected chi connectivity index (χ3v) is 6.24. The largest absolute Gasteiger partial charge is 0.535 e. The van der Waals surface area contributed by atoms with Gasteiger partial charge in [0.15, 0.2) is 5.82 Å². The van der Waals surface area contributed by atoms with E-state index in [0.29, 0.717) is 37.2 Å². The van der Waals surface area contributed by atoms with E-state index in [-0.39, 0.29) is 35.9 Å². The van der Waals surface area contributed by atoms with Gasteiger partial charge < -0.3 is 24.1 Å². The molecule has 0 bridgehead atoms. The van der Waals surface area contributed by atoms with Crippen LogP contribution < -0.4 is 4.65 Å². The molecule has 2 heterocycles. The maximum atomic E-state index is 12.6. The summed E-state index contributed by atoms with van der Waals surface area (Å²) in [5, 5.41) is 22.7. The fourth-order valence-corrected chi connectivity index (χ4v) is 4.05. The number of Topliss-reactive ketones (excluding diaryl/α,β-unsaturated/α-hetero) is 1. The second-order valence-corrected chi connectivity index (χ2v) is 9.32. The van der Waals surface area contributed by atoms with E-state index in [2.05, 4.69) is 15.4 Å². The maximum Gasteiger partial charge on any atom is 0.526 e. The van der Waals surface area contributed by atoms with Crippen molar-refractivity contribution in [3.05, 3.63) is 35.2 Å². The highest BCUT2D eigenvalue weighted by atomic mass is 16.7. The lowest BCUT2D eigenvalue weighted by molar-refractivity contribution is -0.157. The fraction of sp³-hybridized carbons (Fsp3) is 0.583. The average molecular weight is 515 g/mol. The van der Waals surface area contributed by atoms with Crippen LogP contribution in [0.5, 0.6) is 5.75 Å². The molecule has 1 aliphatic rings. The number of likely N-dealkylation sites (N-methyl/N-ethyl adjacent to an activating group) is 1. The number of esters is 2. The first-order valence-electron chi connectivity index (χ1n) is 12.4. The molecule has 0 unspecified atom stereocenters.